The van der Waals surface area contributed by atoms with E-state index in [9.17, 15) is 0 Å². The fraction of sp³-hybridized carbons (Fsp3) is 1.00. The van der Waals surface area contributed by atoms with E-state index in [-0.39, 0.29) is 38.1 Å². The summed E-state index contributed by atoms with van der Waals surface area (Å²) < 4.78 is 31.2. The van der Waals surface area contributed by atoms with Gasteiger partial charge in [-0.3, -0.25) is 0 Å². The molecular weight excluding hydrogens is 400 g/mol. The summed E-state index contributed by atoms with van der Waals surface area (Å²) in [5.74, 6) is 0. The second-order valence-electron chi connectivity index (χ2n) is 6.75. The van der Waals surface area contributed by atoms with Crippen LogP contribution in [0, 0.1) is 0 Å². The second-order valence-corrected chi connectivity index (χ2v) is 6.75. The predicted octanol–water partition coefficient (Wildman–Crippen LogP) is -0.404. The van der Waals surface area contributed by atoms with Crippen molar-refractivity contribution < 1.29 is 48.8 Å². The second kappa shape index (κ2) is 24.9. The van der Waals surface area contributed by atoms with Crippen LogP contribution < -0.4 is 0 Å². The molecule has 0 amide bonds. The van der Waals surface area contributed by atoms with Crippen LogP contribution in [0.25, 0.3) is 0 Å². The predicted molar refractivity (Wildman–Crippen MR) is 112 cm³/mol. The summed E-state index contributed by atoms with van der Waals surface area (Å²) in [5.41, 5.74) is 0. The Bertz CT molecular complexity index is 310. The summed E-state index contributed by atoms with van der Waals surface area (Å²) in [4.78, 5) is 0. The number of aliphatic hydroxyl groups is 4. The Morgan fingerprint density at radius 1 is 0.533 bits per heavy atom. The average Bonchev–Trinajstić information content (AvgIpc) is 2.73. The standard InChI is InChI=1S/C12H26O5.C8H18O5/c1-9(14)6-15-11(3)8-17-12(4)7-16-10(2)5-13;9-1-3-11-5-7-13-8-6-12-4-2-10/h9-14H,5-8H2,1-4H3;9-10H,1-8H2. The van der Waals surface area contributed by atoms with E-state index < -0.39 is 6.10 Å². The maximum Gasteiger partial charge on any atom is 0.0781 e. The van der Waals surface area contributed by atoms with E-state index in [1.54, 1.807) is 13.8 Å². The first kappa shape index (κ1) is 31.8. The van der Waals surface area contributed by atoms with E-state index in [1.807, 2.05) is 13.8 Å². The van der Waals surface area contributed by atoms with Crippen LogP contribution in [0.15, 0.2) is 0 Å². The number of aliphatic hydroxyl groups excluding tert-OH is 4. The Hall–Kier alpha value is -0.400. The summed E-state index contributed by atoms with van der Waals surface area (Å²) in [7, 11) is 0. The Labute approximate surface area is 181 Å². The smallest absolute Gasteiger partial charge is 0.0781 e. The Balaban J connectivity index is 0. The highest BCUT2D eigenvalue weighted by atomic mass is 16.6. The van der Waals surface area contributed by atoms with E-state index in [0.29, 0.717) is 59.5 Å². The molecule has 0 aliphatic carbocycles. The van der Waals surface area contributed by atoms with Gasteiger partial charge < -0.3 is 48.8 Å². The van der Waals surface area contributed by atoms with Crippen LogP contribution >= 0.6 is 0 Å². The number of hydrogen-bond acceptors (Lipinski definition) is 10. The quantitative estimate of drug-likeness (QED) is 0.184. The first-order valence-electron chi connectivity index (χ1n) is 10.5. The lowest BCUT2D eigenvalue weighted by atomic mass is 10.3. The van der Waals surface area contributed by atoms with Crippen molar-refractivity contribution in [3.05, 3.63) is 0 Å². The SMILES string of the molecule is CC(O)COC(C)COC(C)COC(C)CO.OCCOCCOCCOCCO. The molecule has 4 atom stereocenters. The molecule has 0 aromatic rings. The number of hydrogen-bond donors (Lipinski definition) is 4. The Morgan fingerprint density at radius 3 is 1.27 bits per heavy atom. The number of rotatable bonds is 20. The van der Waals surface area contributed by atoms with Crippen molar-refractivity contribution in [2.75, 3.05) is 79.3 Å². The van der Waals surface area contributed by atoms with Gasteiger partial charge in [-0.1, -0.05) is 0 Å². The van der Waals surface area contributed by atoms with Crippen LogP contribution in [0.3, 0.4) is 0 Å². The maximum absolute atomic E-state index is 9.04. The van der Waals surface area contributed by atoms with Gasteiger partial charge in [-0.15, -0.1) is 0 Å². The lowest BCUT2D eigenvalue weighted by Crippen LogP contribution is -2.27. The highest BCUT2D eigenvalue weighted by Gasteiger charge is 2.09. The molecule has 0 radical (unpaired) electrons. The first-order chi connectivity index (χ1) is 14.4. The van der Waals surface area contributed by atoms with Crippen LogP contribution in [0.2, 0.25) is 0 Å². The summed E-state index contributed by atoms with van der Waals surface area (Å²) in [6.45, 7) is 11.3. The highest BCUT2D eigenvalue weighted by Crippen LogP contribution is 2.00. The molecule has 4 unspecified atom stereocenters. The summed E-state index contributed by atoms with van der Waals surface area (Å²) in [5, 5.41) is 34.5. The van der Waals surface area contributed by atoms with Crippen LogP contribution in [-0.2, 0) is 28.4 Å². The van der Waals surface area contributed by atoms with Crippen molar-refractivity contribution in [3.8, 4) is 0 Å². The molecule has 0 saturated heterocycles. The molecule has 0 spiro atoms. The van der Waals surface area contributed by atoms with E-state index in [4.69, 9.17) is 48.8 Å². The monoisotopic (exact) mass is 444 g/mol. The van der Waals surface area contributed by atoms with Gasteiger partial charge in [-0.25, -0.2) is 0 Å². The first-order valence-corrected chi connectivity index (χ1v) is 10.5. The van der Waals surface area contributed by atoms with Gasteiger partial charge in [0.05, 0.1) is 104 Å². The average molecular weight is 445 g/mol. The molecule has 0 aliphatic rings. The summed E-state index contributed by atoms with van der Waals surface area (Å²) in [6, 6.07) is 0. The molecule has 0 aliphatic heterocycles. The molecule has 0 saturated carbocycles. The van der Waals surface area contributed by atoms with Crippen molar-refractivity contribution in [1.29, 1.82) is 0 Å². The zero-order valence-corrected chi connectivity index (χ0v) is 19.0. The van der Waals surface area contributed by atoms with Crippen LogP contribution in [0.1, 0.15) is 27.7 Å². The van der Waals surface area contributed by atoms with Crippen LogP contribution in [-0.4, -0.2) is 124 Å². The van der Waals surface area contributed by atoms with Gasteiger partial charge in [0, 0.05) is 0 Å². The van der Waals surface area contributed by atoms with Gasteiger partial charge in [-0.05, 0) is 27.7 Å². The summed E-state index contributed by atoms with van der Waals surface area (Å²) >= 11 is 0. The number of ether oxygens (including phenoxy) is 6. The molecule has 184 valence electrons. The van der Waals surface area contributed by atoms with Crippen LogP contribution in [0.5, 0.6) is 0 Å². The largest absolute Gasteiger partial charge is 0.394 e. The van der Waals surface area contributed by atoms with E-state index in [0.717, 1.165) is 0 Å². The topological polar surface area (TPSA) is 136 Å². The fourth-order valence-corrected chi connectivity index (χ4v) is 1.72. The molecule has 30 heavy (non-hydrogen) atoms. The van der Waals surface area contributed by atoms with E-state index >= 15 is 0 Å². The van der Waals surface area contributed by atoms with Crippen molar-refractivity contribution >= 4 is 0 Å². The molecule has 10 heteroatoms. The minimum absolute atomic E-state index is 0.0145. The minimum atomic E-state index is -0.455. The van der Waals surface area contributed by atoms with E-state index in [1.165, 1.54) is 0 Å². The fourth-order valence-electron chi connectivity index (χ4n) is 1.72. The van der Waals surface area contributed by atoms with Crippen LogP contribution in [0.4, 0.5) is 0 Å². The van der Waals surface area contributed by atoms with Gasteiger partial charge in [0.2, 0.25) is 0 Å². The van der Waals surface area contributed by atoms with E-state index in [2.05, 4.69) is 0 Å². The van der Waals surface area contributed by atoms with Gasteiger partial charge in [0.25, 0.3) is 0 Å². The molecule has 0 aromatic carbocycles. The molecular formula is C20H44O10. The molecule has 0 aromatic heterocycles. The minimum Gasteiger partial charge on any atom is -0.394 e. The Kier molecular flexibility index (Phi) is 26.3. The third-order valence-corrected chi connectivity index (χ3v) is 3.33. The molecule has 0 rings (SSSR count). The van der Waals surface area contributed by atoms with Crippen molar-refractivity contribution in [2.45, 2.75) is 52.1 Å². The zero-order chi connectivity index (χ0) is 23.0. The Morgan fingerprint density at radius 2 is 0.900 bits per heavy atom. The zero-order valence-electron chi connectivity index (χ0n) is 19.0. The van der Waals surface area contributed by atoms with Gasteiger partial charge >= 0.3 is 0 Å². The summed E-state index contributed by atoms with van der Waals surface area (Å²) in [6.07, 6.45) is -0.711. The third-order valence-electron chi connectivity index (χ3n) is 3.33. The lowest BCUT2D eigenvalue weighted by Gasteiger charge is -2.19. The third kappa shape index (κ3) is 27.6. The highest BCUT2D eigenvalue weighted by molar-refractivity contribution is 4.55. The van der Waals surface area contributed by atoms with Gasteiger partial charge in [0.15, 0.2) is 0 Å². The molecule has 4 N–H and O–H groups in total. The normalized spacial score (nSPS) is 15.2. The van der Waals surface area contributed by atoms with Crippen molar-refractivity contribution in [3.63, 3.8) is 0 Å². The van der Waals surface area contributed by atoms with Gasteiger partial charge in [-0.2, -0.15) is 0 Å². The van der Waals surface area contributed by atoms with Gasteiger partial charge in [0.1, 0.15) is 0 Å². The molecule has 0 bridgehead atoms. The van der Waals surface area contributed by atoms with Crippen molar-refractivity contribution in [1.82, 2.24) is 0 Å². The molecule has 0 fully saturated rings. The lowest BCUT2D eigenvalue weighted by molar-refractivity contribution is -0.0825. The molecule has 0 heterocycles. The van der Waals surface area contributed by atoms with Crippen molar-refractivity contribution in [2.24, 2.45) is 0 Å². The maximum atomic E-state index is 9.04. The molecule has 10 nitrogen and oxygen atoms in total.